The van der Waals surface area contributed by atoms with E-state index in [9.17, 15) is 9.90 Å². The summed E-state index contributed by atoms with van der Waals surface area (Å²) in [5, 5.41) is 12.5. The van der Waals surface area contributed by atoms with Crippen molar-refractivity contribution in [2.45, 2.75) is 38.5 Å². The smallest absolute Gasteiger partial charge is 0.407 e. The van der Waals surface area contributed by atoms with E-state index in [1.807, 2.05) is 30.3 Å². The lowest BCUT2D eigenvalue weighted by molar-refractivity contribution is 0.0950. The lowest BCUT2D eigenvalue weighted by Crippen LogP contribution is -2.46. The Morgan fingerprint density at radius 3 is 2.53 bits per heavy atom. The van der Waals surface area contributed by atoms with Gasteiger partial charge in [-0.1, -0.05) is 30.3 Å². The van der Waals surface area contributed by atoms with E-state index >= 15 is 0 Å². The fraction of sp³-hybridized carbons (Fsp3) is 0.500. The number of alkyl halides is 1. The fourth-order valence-corrected chi connectivity index (χ4v) is 1.87. The standard InChI is InChI=1S/C14H20ClNO3/c1-10(2)19-14(18)16-12(13(17)9-15)8-11-6-4-3-5-7-11/h3-7,10,12-13,17H,8-9H2,1-2H3,(H,16,18)/t12-,13-/m0/s1. The summed E-state index contributed by atoms with van der Waals surface area (Å²) in [6, 6.07) is 9.13. The largest absolute Gasteiger partial charge is 0.447 e. The minimum absolute atomic E-state index is 0.0550. The van der Waals surface area contributed by atoms with E-state index in [1.54, 1.807) is 13.8 Å². The number of hydrogen-bond donors (Lipinski definition) is 2. The van der Waals surface area contributed by atoms with Gasteiger partial charge in [-0.3, -0.25) is 0 Å². The van der Waals surface area contributed by atoms with Crippen LogP contribution in [0.15, 0.2) is 30.3 Å². The second-order valence-electron chi connectivity index (χ2n) is 4.62. The lowest BCUT2D eigenvalue weighted by Gasteiger charge is -2.23. The summed E-state index contributed by atoms with van der Waals surface area (Å²) in [7, 11) is 0. The van der Waals surface area contributed by atoms with Crippen LogP contribution in [0.25, 0.3) is 0 Å². The third-order valence-electron chi connectivity index (χ3n) is 2.57. The van der Waals surface area contributed by atoms with Crippen molar-refractivity contribution >= 4 is 17.7 Å². The molecule has 0 unspecified atom stereocenters. The van der Waals surface area contributed by atoms with Crippen LogP contribution in [0.5, 0.6) is 0 Å². The van der Waals surface area contributed by atoms with Gasteiger partial charge in [0.1, 0.15) is 0 Å². The van der Waals surface area contributed by atoms with Crippen LogP contribution in [0.3, 0.4) is 0 Å². The Hall–Kier alpha value is -1.26. The van der Waals surface area contributed by atoms with E-state index in [0.29, 0.717) is 6.42 Å². The molecular formula is C14H20ClNO3. The van der Waals surface area contributed by atoms with Gasteiger partial charge in [-0.25, -0.2) is 4.79 Å². The Morgan fingerprint density at radius 1 is 1.37 bits per heavy atom. The summed E-state index contributed by atoms with van der Waals surface area (Å²) in [6.45, 7) is 3.54. The number of amides is 1. The first-order valence-electron chi connectivity index (χ1n) is 6.28. The number of halogens is 1. The number of hydrogen-bond acceptors (Lipinski definition) is 3. The first-order valence-corrected chi connectivity index (χ1v) is 6.81. The van der Waals surface area contributed by atoms with E-state index in [-0.39, 0.29) is 12.0 Å². The minimum Gasteiger partial charge on any atom is -0.447 e. The number of ether oxygens (including phenoxy) is 1. The molecule has 2 N–H and O–H groups in total. The second kappa shape index (κ2) is 8.02. The zero-order valence-electron chi connectivity index (χ0n) is 11.2. The van der Waals surface area contributed by atoms with E-state index in [1.165, 1.54) is 0 Å². The van der Waals surface area contributed by atoms with E-state index < -0.39 is 18.2 Å². The average molecular weight is 286 g/mol. The number of carbonyl (C=O) groups excluding carboxylic acids is 1. The van der Waals surface area contributed by atoms with Crippen LogP contribution in [0.2, 0.25) is 0 Å². The quantitative estimate of drug-likeness (QED) is 0.789. The van der Waals surface area contributed by atoms with Gasteiger partial charge in [-0.2, -0.15) is 0 Å². The summed E-state index contributed by atoms with van der Waals surface area (Å²) in [5.41, 5.74) is 1.02. The third kappa shape index (κ3) is 5.94. The van der Waals surface area contributed by atoms with Gasteiger partial charge in [0.15, 0.2) is 0 Å². The molecule has 1 aromatic rings. The highest BCUT2D eigenvalue weighted by atomic mass is 35.5. The van der Waals surface area contributed by atoms with Gasteiger partial charge in [0.25, 0.3) is 0 Å². The number of benzene rings is 1. The number of alkyl carbamates (subject to hydrolysis) is 1. The van der Waals surface area contributed by atoms with Crippen molar-refractivity contribution in [1.82, 2.24) is 5.32 Å². The van der Waals surface area contributed by atoms with Crippen LogP contribution in [0, 0.1) is 0 Å². The molecule has 0 heterocycles. The fourth-order valence-electron chi connectivity index (χ4n) is 1.66. The highest BCUT2D eigenvalue weighted by Gasteiger charge is 2.22. The summed E-state index contributed by atoms with van der Waals surface area (Å²) in [6.07, 6.45) is -1.06. The SMILES string of the molecule is CC(C)OC(=O)N[C@@H](Cc1ccccc1)[C@@H](O)CCl. The van der Waals surface area contributed by atoms with Crippen molar-refractivity contribution in [1.29, 1.82) is 0 Å². The topological polar surface area (TPSA) is 58.6 Å². The van der Waals surface area contributed by atoms with Gasteiger partial charge in [-0.05, 0) is 25.8 Å². The molecule has 4 nitrogen and oxygen atoms in total. The van der Waals surface area contributed by atoms with Gasteiger partial charge in [0.05, 0.1) is 24.1 Å². The van der Waals surface area contributed by atoms with Gasteiger partial charge in [-0.15, -0.1) is 11.6 Å². The van der Waals surface area contributed by atoms with Crippen molar-refractivity contribution in [2.24, 2.45) is 0 Å². The average Bonchev–Trinajstić information content (AvgIpc) is 2.37. The van der Waals surface area contributed by atoms with E-state index in [0.717, 1.165) is 5.56 Å². The second-order valence-corrected chi connectivity index (χ2v) is 4.92. The molecule has 0 bridgehead atoms. The van der Waals surface area contributed by atoms with Crippen LogP contribution >= 0.6 is 11.6 Å². The highest BCUT2D eigenvalue weighted by Crippen LogP contribution is 2.08. The molecule has 0 aliphatic rings. The molecule has 106 valence electrons. The first-order chi connectivity index (χ1) is 9.02. The Labute approximate surface area is 118 Å². The molecule has 0 radical (unpaired) electrons. The number of aliphatic hydroxyl groups excluding tert-OH is 1. The van der Waals surface area contributed by atoms with E-state index in [2.05, 4.69) is 5.32 Å². The summed E-state index contributed by atoms with van der Waals surface area (Å²) in [5.74, 6) is 0.0550. The molecule has 0 saturated carbocycles. The Kier molecular flexibility index (Phi) is 6.67. The van der Waals surface area contributed by atoms with Crippen LogP contribution in [0.1, 0.15) is 19.4 Å². The molecule has 0 aliphatic heterocycles. The van der Waals surface area contributed by atoms with E-state index in [4.69, 9.17) is 16.3 Å². The maximum absolute atomic E-state index is 11.6. The predicted octanol–water partition coefficient (Wildman–Crippen LogP) is 2.33. The van der Waals surface area contributed by atoms with Crippen LogP contribution in [-0.4, -0.2) is 35.3 Å². The van der Waals surface area contributed by atoms with Gasteiger partial charge < -0.3 is 15.2 Å². The monoisotopic (exact) mass is 285 g/mol. The molecule has 2 atom stereocenters. The van der Waals surface area contributed by atoms with Crippen LogP contribution in [-0.2, 0) is 11.2 Å². The number of nitrogens with one attached hydrogen (secondary N) is 1. The number of carbonyl (C=O) groups is 1. The van der Waals surface area contributed by atoms with Gasteiger partial charge in [0.2, 0.25) is 0 Å². The molecule has 0 aromatic heterocycles. The first kappa shape index (κ1) is 15.8. The summed E-state index contributed by atoms with van der Waals surface area (Å²) in [4.78, 5) is 11.6. The van der Waals surface area contributed by atoms with Crippen molar-refractivity contribution in [2.75, 3.05) is 5.88 Å². The molecule has 1 aromatic carbocycles. The maximum Gasteiger partial charge on any atom is 0.407 e. The summed E-state index contributed by atoms with van der Waals surface area (Å²) < 4.78 is 5.01. The van der Waals surface area contributed by atoms with Crippen LogP contribution < -0.4 is 5.32 Å². The Morgan fingerprint density at radius 2 is 2.00 bits per heavy atom. The summed E-state index contributed by atoms with van der Waals surface area (Å²) >= 11 is 5.66. The molecule has 0 aliphatic carbocycles. The molecule has 19 heavy (non-hydrogen) atoms. The van der Waals surface area contributed by atoms with Crippen molar-refractivity contribution in [3.05, 3.63) is 35.9 Å². The molecule has 0 spiro atoms. The van der Waals surface area contributed by atoms with Crippen molar-refractivity contribution < 1.29 is 14.6 Å². The Balaban J connectivity index is 2.64. The molecule has 0 saturated heterocycles. The number of rotatable bonds is 6. The predicted molar refractivity (Wildman–Crippen MR) is 75.4 cm³/mol. The zero-order chi connectivity index (χ0) is 14.3. The molecule has 1 rings (SSSR count). The maximum atomic E-state index is 11.6. The van der Waals surface area contributed by atoms with Crippen molar-refractivity contribution in [3.8, 4) is 0 Å². The minimum atomic E-state index is -0.818. The van der Waals surface area contributed by atoms with Crippen molar-refractivity contribution in [3.63, 3.8) is 0 Å². The zero-order valence-corrected chi connectivity index (χ0v) is 11.9. The molecule has 1 amide bonds. The molecule has 5 heteroatoms. The van der Waals surface area contributed by atoms with Gasteiger partial charge in [0, 0.05) is 0 Å². The lowest BCUT2D eigenvalue weighted by atomic mass is 10.0. The molecular weight excluding hydrogens is 266 g/mol. The normalized spacial score (nSPS) is 13.9. The van der Waals surface area contributed by atoms with Gasteiger partial charge >= 0.3 is 6.09 Å². The highest BCUT2D eigenvalue weighted by molar-refractivity contribution is 6.18. The molecule has 0 fully saturated rings. The Bertz CT molecular complexity index is 384. The van der Waals surface area contributed by atoms with Crippen LogP contribution in [0.4, 0.5) is 4.79 Å². The number of aliphatic hydroxyl groups is 1. The third-order valence-corrected chi connectivity index (χ3v) is 2.88.